The van der Waals surface area contributed by atoms with Crippen molar-refractivity contribution in [2.45, 2.75) is 168 Å². The second-order valence-electron chi connectivity index (χ2n) is 14.3. The standard InChI is InChI=1S/C39H74NO8P/c1-6-8-10-12-14-15-16-17-18-19-20-21-22-23-24-26-28-30-32-39(42)48-37(36-47-49(43,44)46-34-33-40(3,4)5)35-45-38(41)31-29-27-25-13-11-9-7-2/h15-16,18-19,37H,6-14,17,20-36H2,1-5H3/p+1/b16-15-,19-18-. The van der Waals surface area contributed by atoms with E-state index < -0.39 is 26.5 Å². The van der Waals surface area contributed by atoms with Gasteiger partial charge in [-0.1, -0.05) is 128 Å². The minimum Gasteiger partial charge on any atom is -0.462 e. The Bertz CT molecular complexity index is 902. The lowest BCUT2D eigenvalue weighted by molar-refractivity contribution is -0.870. The summed E-state index contributed by atoms with van der Waals surface area (Å²) in [5.41, 5.74) is 0. The van der Waals surface area contributed by atoms with Gasteiger partial charge in [0, 0.05) is 12.8 Å². The number of carbonyl (C=O) groups excluding carboxylic acids is 2. The first-order valence-corrected chi connectivity index (χ1v) is 21.1. The molecule has 0 aromatic rings. The lowest BCUT2D eigenvalue weighted by Crippen LogP contribution is -2.37. The molecule has 49 heavy (non-hydrogen) atoms. The first kappa shape index (κ1) is 47.5. The van der Waals surface area contributed by atoms with Gasteiger partial charge in [0.2, 0.25) is 0 Å². The maximum atomic E-state index is 12.6. The van der Waals surface area contributed by atoms with Crippen LogP contribution in [-0.4, -0.2) is 74.9 Å². The molecule has 0 heterocycles. The summed E-state index contributed by atoms with van der Waals surface area (Å²) in [7, 11) is 1.47. The monoisotopic (exact) mass is 717 g/mol. The average molecular weight is 717 g/mol. The highest BCUT2D eigenvalue weighted by molar-refractivity contribution is 7.47. The molecular formula is C39H75NO8P+. The highest BCUT2D eigenvalue weighted by Gasteiger charge is 2.27. The van der Waals surface area contributed by atoms with Gasteiger partial charge >= 0.3 is 19.8 Å². The fourth-order valence-electron chi connectivity index (χ4n) is 5.10. The van der Waals surface area contributed by atoms with Crippen molar-refractivity contribution in [1.82, 2.24) is 0 Å². The first-order chi connectivity index (χ1) is 23.5. The van der Waals surface area contributed by atoms with Crippen LogP contribution in [0.1, 0.15) is 162 Å². The number of phosphoric acid groups is 1. The summed E-state index contributed by atoms with van der Waals surface area (Å²) in [5, 5.41) is 0. The average Bonchev–Trinajstić information content (AvgIpc) is 3.04. The SMILES string of the molecule is CCCCCC/C=C\C/C=C\CCCCCCCCCC(=O)OC(COC(=O)CCCCCCCCC)COP(=O)(O)OCC[N+](C)(C)C. The summed E-state index contributed by atoms with van der Waals surface area (Å²) in [6.45, 7) is 4.34. The third kappa shape index (κ3) is 36.1. The zero-order valence-electron chi connectivity index (χ0n) is 32.2. The van der Waals surface area contributed by atoms with E-state index in [1.807, 2.05) is 21.1 Å². The molecule has 0 aliphatic carbocycles. The van der Waals surface area contributed by atoms with Crippen molar-refractivity contribution in [3.05, 3.63) is 24.3 Å². The van der Waals surface area contributed by atoms with Crippen LogP contribution in [0, 0.1) is 0 Å². The molecule has 9 nitrogen and oxygen atoms in total. The molecule has 0 aromatic carbocycles. The van der Waals surface area contributed by atoms with Crippen molar-refractivity contribution in [3.8, 4) is 0 Å². The van der Waals surface area contributed by atoms with Crippen LogP contribution in [-0.2, 0) is 32.7 Å². The van der Waals surface area contributed by atoms with E-state index in [-0.39, 0.29) is 32.0 Å². The third-order valence-corrected chi connectivity index (χ3v) is 9.22. The smallest absolute Gasteiger partial charge is 0.462 e. The molecule has 0 aromatic heterocycles. The van der Waals surface area contributed by atoms with Gasteiger partial charge in [0.15, 0.2) is 6.10 Å². The number of phosphoric ester groups is 1. The van der Waals surface area contributed by atoms with Crippen LogP contribution >= 0.6 is 7.82 Å². The molecule has 2 atom stereocenters. The number of rotatable bonds is 35. The first-order valence-electron chi connectivity index (χ1n) is 19.6. The summed E-state index contributed by atoms with van der Waals surface area (Å²) in [5.74, 6) is -0.814. The maximum absolute atomic E-state index is 12.6. The minimum absolute atomic E-state index is 0.0311. The van der Waals surface area contributed by atoms with Crippen molar-refractivity contribution < 1.29 is 42.1 Å². The van der Waals surface area contributed by atoms with E-state index in [9.17, 15) is 19.0 Å². The summed E-state index contributed by atoms with van der Waals surface area (Å²) in [6, 6.07) is 0. The van der Waals surface area contributed by atoms with Crippen molar-refractivity contribution in [3.63, 3.8) is 0 Å². The van der Waals surface area contributed by atoms with Gasteiger partial charge in [0.1, 0.15) is 19.8 Å². The lowest BCUT2D eigenvalue weighted by Gasteiger charge is -2.24. The molecule has 2 unspecified atom stereocenters. The number of hydrogen-bond acceptors (Lipinski definition) is 7. The Kier molecular flexibility index (Phi) is 31.4. The van der Waals surface area contributed by atoms with Crippen LogP contribution in [0.2, 0.25) is 0 Å². The molecule has 0 amide bonds. The number of likely N-dealkylation sites (N-methyl/N-ethyl adjacent to an activating group) is 1. The Labute approximate surface area is 300 Å². The van der Waals surface area contributed by atoms with E-state index in [0.717, 1.165) is 51.4 Å². The van der Waals surface area contributed by atoms with Crippen LogP contribution in [0.5, 0.6) is 0 Å². The second kappa shape index (κ2) is 32.4. The van der Waals surface area contributed by atoms with Crippen LogP contribution in [0.15, 0.2) is 24.3 Å². The van der Waals surface area contributed by atoms with E-state index in [2.05, 4.69) is 38.2 Å². The summed E-state index contributed by atoms with van der Waals surface area (Å²) in [6.07, 6.45) is 32.4. The molecule has 0 rings (SSSR count). The normalized spacial score (nSPS) is 14.0. The summed E-state index contributed by atoms with van der Waals surface area (Å²) in [4.78, 5) is 35.0. The van der Waals surface area contributed by atoms with E-state index in [0.29, 0.717) is 17.4 Å². The second-order valence-corrected chi connectivity index (χ2v) is 15.8. The molecule has 0 aliphatic heterocycles. The van der Waals surface area contributed by atoms with Crippen molar-refractivity contribution in [2.75, 3.05) is 47.5 Å². The zero-order chi connectivity index (χ0) is 36.5. The molecule has 0 spiro atoms. The topological polar surface area (TPSA) is 108 Å². The molecule has 0 saturated heterocycles. The Balaban J connectivity index is 4.34. The number of ether oxygens (including phenoxy) is 2. The van der Waals surface area contributed by atoms with E-state index >= 15 is 0 Å². The molecule has 0 fully saturated rings. The number of unbranched alkanes of at least 4 members (excludes halogenated alkanes) is 17. The molecule has 0 bridgehead atoms. The highest BCUT2D eigenvalue weighted by Crippen LogP contribution is 2.43. The molecule has 0 aliphatic rings. The van der Waals surface area contributed by atoms with Crippen LogP contribution in [0.3, 0.4) is 0 Å². The number of nitrogens with zero attached hydrogens (tertiary/aromatic N) is 1. The van der Waals surface area contributed by atoms with Gasteiger partial charge in [-0.15, -0.1) is 0 Å². The van der Waals surface area contributed by atoms with Crippen LogP contribution in [0.4, 0.5) is 0 Å². The molecule has 288 valence electrons. The molecule has 0 saturated carbocycles. The van der Waals surface area contributed by atoms with Gasteiger partial charge in [0.05, 0.1) is 27.7 Å². The quantitative estimate of drug-likeness (QED) is 0.0227. The van der Waals surface area contributed by atoms with Gasteiger partial charge in [-0.25, -0.2) is 4.57 Å². The Morgan fingerprint density at radius 3 is 1.63 bits per heavy atom. The van der Waals surface area contributed by atoms with Gasteiger partial charge in [-0.3, -0.25) is 18.6 Å². The highest BCUT2D eigenvalue weighted by atomic mass is 31.2. The van der Waals surface area contributed by atoms with E-state index in [1.165, 1.54) is 77.0 Å². The number of carbonyl (C=O) groups is 2. The Morgan fingerprint density at radius 1 is 0.633 bits per heavy atom. The molecule has 0 radical (unpaired) electrons. The largest absolute Gasteiger partial charge is 0.472 e. The fraction of sp³-hybridized carbons (Fsp3) is 0.846. The molecule has 10 heteroatoms. The van der Waals surface area contributed by atoms with Crippen LogP contribution < -0.4 is 0 Å². The van der Waals surface area contributed by atoms with Crippen molar-refractivity contribution >= 4 is 19.8 Å². The van der Waals surface area contributed by atoms with E-state index in [1.54, 1.807) is 0 Å². The molecule has 1 N–H and O–H groups in total. The third-order valence-electron chi connectivity index (χ3n) is 8.23. The minimum atomic E-state index is -4.36. The number of allylic oxidation sites excluding steroid dienone is 4. The predicted molar refractivity (Wildman–Crippen MR) is 201 cm³/mol. The summed E-state index contributed by atoms with van der Waals surface area (Å²) >= 11 is 0. The number of esters is 2. The molecular weight excluding hydrogens is 641 g/mol. The van der Waals surface area contributed by atoms with Crippen molar-refractivity contribution in [2.24, 2.45) is 0 Å². The van der Waals surface area contributed by atoms with Gasteiger partial charge in [0.25, 0.3) is 0 Å². The summed E-state index contributed by atoms with van der Waals surface area (Å²) < 4.78 is 34.1. The predicted octanol–water partition coefficient (Wildman–Crippen LogP) is 10.4. The van der Waals surface area contributed by atoms with Gasteiger partial charge in [-0.2, -0.15) is 0 Å². The Morgan fingerprint density at radius 2 is 1.10 bits per heavy atom. The van der Waals surface area contributed by atoms with E-state index in [4.69, 9.17) is 18.5 Å². The lowest BCUT2D eigenvalue weighted by atomic mass is 10.1. The van der Waals surface area contributed by atoms with Gasteiger partial charge in [-0.05, 0) is 44.9 Å². The maximum Gasteiger partial charge on any atom is 0.472 e. The number of hydrogen-bond donors (Lipinski definition) is 1. The Hall–Kier alpha value is -1.51. The fourth-order valence-corrected chi connectivity index (χ4v) is 5.84. The number of quaternary nitrogens is 1. The van der Waals surface area contributed by atoms with Crippen LogP contribution in [0.25, 0.3) is 0 Å². The van der Waals surface area contributed by atoms with Crippen molar-refractivity contribution in [1.29, 1.82) is 0 Å². The zero-order valence-corrected chi connectivity index (χ0v) is 33.1. The van der Waals surface area contributed by atoms with Gasteiger partial charge < -0.3 is 18.9 Å².